The van der Waals surface area contributed by atoms with Crippen molar-refractivity contribution in [2.24, 2.45) is 10.9 Å². The Morgan fingerprint density at radius 2 is 2.00 bits per heavy atom. The summed E-state index contributed by atoms with van der Waals surface area (Å²) in [6, 6.07) is 10.8. The van der Waals surface area contributed by atoms with Gasteiger partial charge in [0, 0.05) is 25.5 Å². The monoisotopic (exact) mass is 377 g/mol. The molecule has 0 saturated carbocycles. The molecule has 0 aliphatic carbocycles. The number of hydrogen-bond donors (Lipinski definition) is 1. The Morgan fingerprint density at radius 3 is 2.82 bits per heavy atom. The summed E-state index contributed by atoms with van der Waals surface area (Å²) in [5.74, 6) is 1.09. The van der Waals surface area contributed by atoms with Crippen LogP contribution in [-0.4, -0.2) is 40.8 Å². The molecule has 28 heavy (non-hydrogen) atoms. The molecule has 3 heterocycles. The highest BCUT2D eigenvalue weighted by atomic mass is 16.3. The Labute approximate surface area is 167 Å². The first kappa shape index (κ1) is 19.0. The van der Waals surface area contributed by atoms with Gasteiger partial charge in [0.15, 0.2) is 0 Å². The smallest absolute Gasteiger partial charge is 0.131 e. The summed E-state index contributed by atoms with van der Waals surface area (Å²) in [7, 11) is 1.78. The summed E-state index contributed by atoms with van der Waals surface area (Å²) in [4.78, 5) is 6.95. The van der Waals surface area contributed by atoms with Gasteiger partial charge in [-0.05, 0) is 92.1 Å². The molecule has 2 atom stereocenters. The topological polar surface area (TPSA) is 40.8 Å². The number of phenols is 1. The van der Waals surface area contributed by atoms with Gasteiger partial charge in [-0.1, -0.05) is 19.1 Å². The van der Waals surface area contributed by atoms with Crippen LogP contribution in [0.25, 0.3) is 17.3 Å². The SMILES string of the molecule is C=Cn1cc(-c2ccc(O)c(CC3CCN4CCCCC4C3)c2)ccc1=NC. The Kier molecular flexibility index (Phi) is 5.67. The maximum absolute atomic E-state index is 10.5. The molecule has 4 nitrogen and oxygen atoms in total. The molecule has 4 rings (SSSR count). The van der Waals surface area contributed by atoms with Gasteiger partial charge in [-0.3, -0.25) is 4.99 Å². The summed E-state index contributed by atoms with van der Waals surface area (Å²) in [5, 5.41) is 10.5. The fraction of sp³-hybridized carbons (Fsp3) is 0.458. The summed E-state index contributed by atoms with van der Waals surface area (Å²) in [6.45, 7) is 6.37. The van der Waals surface area contributed by atoms with E-state index in [4.69, 9.17) is 0 Å². The first-order valence-electron chi connectivity index (χ1n) is 10.5. The van der Waals surface area contributed by atoms with Crippen molar-refractivity contribution < 1.29 is 5.11 Å². The van der Waals surface area contributed by atoms with E-state index in [-0.39, 0.29) is 0 Å². The van der Waals surface area contributed by atoms with Crippen molar-refractivity contribution in [2.45, 2.75) is 44.6 Å². The number of fused-ring (bicyclic) bond motifs is 1. The minimum Gasteiger partial charge on any atom is -0.508 e. The fourth-order valence-electron chi connectivity index (χ4n) is 4.91. The van der Waals surface area contributed by atoms with E-state index >= 15 is 0 Å². The molecule has 148 valence electrons. The largest absolute Gasteiger partial charge is 0.508 e. The number of pyridine rings is 1. The first-order valence-corrected chi connectivity index (χ1v) is 10.5. The molecule has 0 spiro atoms. The molecule has 2 saturated heterocycles. The zero-order valence-corrected chi connectivity index (χ0v) is 16.8. The van der Waals surface area contributed by atoms with E-state index in [2.05, 4.69) is 28.6 Å². The lowest BCUT2D eigenvalue weighted by atomic mass is 9.82. The van der Waals surface area contributed by atoms with Crippen molar-refractivity contribution in [1.82, 2.24) is 9.47 Å². The lowest BCUT2D eigenvalue weighted by Crippen LogP contribution is -2.45. The molecule has 0 bridgehead atoms. The first-order chi connectivity index (χ1) is 13.7. The number of aromatic nitrogens is 1. The molecule has 2 aromatic rings. The molecule has 2 aliphatic rings. The average molecular weight is 378 g/mol. The quantitative estimate of drug-likeness (QED) is 0.863. The third-order valence-electron chi connectivity index (χ3n) is 6.48. The van der Waals surface area contributed by atoms with Gasteiger partial charge in [0.05, 0.1) is 0 Å². The van der Waals surface area contributed by atoms with Gasteiger partial charge >= 0.3 is 0 Å². The van der Waals surface area contributed by atoms with Crippen LogP contribution in [0, 0.1) is 5.92 Å². The molecule has 1 aromatic carbocycles. The van der Waals surface area contributed by atoms with Crippen molar-refractivity contribution in [3.8, 4) is 16.9 Å². The predicted molar refractivity (Wildman–Crippen MR) is 115 cm³/mol. The number of benzene rings is 1. The summed E-state index contributed by atoms with van der Waals surface area (Å²) in [6.07, 6.45) is 11.4. The van der Waals surface area contributed by atoms with Crippen molar-refractivity contribution >= 4 is 6.20 Å². The zero-order chi connectivity index (χ0) is 19.5. The molecule has 2 aliphatic heterocycles. The summed E-state index contributed by atoms with van der Waals surface area (Å²) in [5.41, 5.74) is 4.18. The number of nitrogens with zero attached hydrogens (tertiary/aromatic N) is 3. The van der Waals surface area contributed by atoms with Crippen LogP contribution >= 0.6 is 0 Å². The Morgan fingerprint density at radius 1 is 1.14 bits per heavy atom. The summed E-state index contributed by atoms with van der Waals surface area (Å²) < 4.78 is 1.93. The number of piperidine rings is 2. The predicted octanol–water partition coefficient (Wildman–Crippen LogP) is 4.30. The second kappa shape index (κ2) is 8.36. The van der Waals surface area contributed by atoms with Crippen LogP contribution in [0.5, 0.6) is 5.75 Å². The Hall–Kier alpha value is -2.33. The van der Waals surface area contributed by atoms with Gasteiger partial charge < -0.3 is 14.6 Å². The standard InChI is InChI=1S/C24H31N3O/c1-3-26-17-20(8-10-24(26)25-2)19-7-9-23(28)21(16-19)14-18-11-13-27-12-5-4-6-22(27)15-18/h3,7-10,16-18,22,28H,1,4-6,11-15H2,2H3. The van der Waals surface area contributed by atoms with E-state index in [1.807, 2.05) is 29.0 Å². The van der Waals surface area contributed by atoms with Gasteiger partial charge in [-0.25, -0.2) is 0 Å². The Bertz CT molecular complexity index is 914. The molecule has 0 radical (unpaired) electrons. The highest BCUT2D eigenvalue weighted by Gasteiger charge is 2.30. The highest BCUT2D eigenvalue weighted by molar-refractivity contribution is 5.65. The molecule has 1 aromatic heterocycles. The van der Waals surface area contributed by atoms with E-state index in [0.29, 0.717) is 11.7 Å². The zero-order valence-electron chi connectivity index (χ0n) is 16.8. The van der Waals surface area contributed by atoms with Gasteiger partial charge in [0.2, 0.25) is 0 Å². The van der Waals surface area contributed by atoms with E-state index in [9.17, 15) is 5.11 Å². The van der Waals surface area contributed by atoms with Crippen LogP contribution in [0.2, 0.25) is 0 Å². The normalized spacial score (nSPS) is 23.4. The molecular weight excluding hydrogens is 346 g/mol. The summed E-state index contributed by atoms with van der Waals surface area (Å²) >= 11 is 0. The molecule has 0 amide bonds. The van der Waals surface area contributed by atoms with E-state index in [1.165, 1.54) is 45.2 Å². The van der Waals surface area contributed by atoms with Crippen LogP contribution in [0.15, 0.2) is 48.1 Å². The van der Waals surface area contributed by atoms with Crippen LogP contribution in [0.3, 0.4) is 0 Å². The third kappa shape index (κ3) is 3.93. The number of hydrogen-bond acceptors (Lipinski definition) is 3. The van der Waals surface area contributed by atoms with Gasteiger partial charge in [0.1, 0.15) is 11.2 Å². The van der Waals surface area contributed by atoms with E-state index < -0.39 is 0 Å². The maximum atomic E-state index is 10.5. The third-order valence-corrected chi connectivity index (χ3v) is 6.48. The van der Waals surface area contributed by atoms with Crippen LogP contribution in [-0.2, 0) is 6.42 Å². The molecule has 2 unspecified atom stereocenters. The van der Waals surface area contributed by atoms with Gasteiger partial charge in [-0.15, -0.1) is 0 Å². The van der Waals surface area contributed by atoms with Gasteiger partial charge in [-0.2, -0.15) is 0 Å². The molecular formula is C24H31N3O. The van der Waals surface area contributed by atoms with Gasteiger partial charge in [0.25, 0.3) is 0 Å². The van der Waals surface area contributed by atoms with Crippen molar-refractivity contribution in [3.63, 3.8) is 0 Å². The second-order valence-corrected chi connectivity index (χ2v) is 8.21. The second-order valence-electron chi connectivity index (χ2n) is 8.21. The fourth-order valence-corrected chi connectivity index (χ4v) is 4.91. The van der Waals surface area contributed by atoms with Crippen LogP contribution < -0.4 is 5.49 Å². The lowest BCUT2D eigenvalue weighted by molar-refractivity contribution is 0.0786. The van der Waals surface area contributed by atoms with Crippen molar-refractivity contribution in [2.75, 3.05) is 20.1 Å². The minimum absolute atomic E-state index is 0.423. The van der Waals surface area contributed by atoms with Crippen molar-refractivity contribution in [1.29, 1.82) is 0 Å². The molecule has 1 N–H and O–H groups in total. The minimum atomic E-state index is 0.423. The number of phenolic OH excluding ortho intramolecular Hbond substituents is 1. The highest BCUT2D eigenvalue weighted by Crippen LogP contribution is 2.34. The Balaban J connectivity index is 1.55. The number of rotatable bonds is 4. The average Bonchev–Trinajstić information content (AvgIpc) is 2.74. The van der Waals surface area contributed by atoms with Crippen LogP contribution in [0.1, 0.15) is 37.7 Å². The number of aromatic hydroxyl groups is 1. The van der Waals surface area contributed by atoms with Crippen LogP contribution in [0.4, 0.5) is 0 Å². The van der Waals surface area contributed by atoms with E-state index in [1.54, 1.807) is 13.2 Å². The lowest BCUT2D eigenvalue weighted by Gasteiger charge is -2.42. The maximum Gasteiger partial charge on any atom is 0.131 e. The van der Waals surface area contributed by atoms with Crippen molar-refractivity contribution in [3.05, 3.63) is 54.2 Å². The molecule has 2 fully saturated rings. The van der Waals surface area contributed by atoms with E-state index in [0.717, 1.165) is 34.6 Å². The molecule has 4 heteroatoms.